The molecule has 0 N–H and O–H groups in total. The first-order chi connectivity index (χ1) is 8.16. The van der Waals surface area contributed by atoms with Crippen LogP contribution in [0.15, 0.2) is 36.5 Å². The first kappa shape index (κ1) is 15.7. The van der Waals surface area contributed by atoms with E-state index >= 15 is 0 Å². The highest BCUT2D eigenvalue weighted by Crippen LogP contribution is 1.99. The highest BCUT2D eigenvalue weighted by Gasteiger charge is 1.91. The normalized spacial score (nSPS) is 12.2. The van der Waals surface area contributed by atoms with E-state index in [1.807, 2.05) is 6.08 Å². The van der Waals surface area contributed by atoms with Gasteiger partial charge in [-0.2, -0.15) is 0 Å². The first-order valence-corrected chi connectivity index (χ1v) is 6.33. The standard InChI is InChI=1S/C15H24O2/c1-4-17-15(16)13-11-9-7-5-6-8-10-12-14(2)3/h6,8,10-14H,4-5,7,9H2,1-3H3/b8-6+,12-10+,13-11+. The van der Waals surface area contributed by atoms with E-state index in [0.717, 1.165) is 19.3 Å². The van der Waals surface area contributed by atoms with Crippen molar-refractivity contribution in [3.05, 3.63) is 36.5 Å². The van der Waals surface area contributed by atoms with Crippen molar-refractivity contribution in [3.8, 4) is 0 Å². The number of allylic oxidation sites excluding steroid dienone is 5. The molecule has 0 rings (SSSR count). The monoisotopic (exact) mass is 236 g/mol. The quantitative estimate of drug-likeness (QED) is 0.275. The summed E-state index contributed by atoms with van der Waals surface area (Å²) in [5, 5.41) is 0. The summed E-state index contributed by atoms with van der Waals surface area (Å²) in [6.07, 6.45) is 14.9. The summed E-state index contributed by atoms with van der Waals surface area (Å²) in [5.74, 6) is 0.357. The van der Waals surface area contributed by atoms with Crippen LogP contribution in [0, 0.1) is 5.92 Å². The Morgan fingerprint density at radius 3 is 2.53 bits per heavy atom. The summed E-state index contributed by atoms with van der Waals surface area (Å²) in [6, 6.07) is 0. The van der Waals surface area contributed by atoms with E-state index in [9.17, 15) is 4.79 Å². The van der Waals surface area contributed by atoms with Gasteiger partial charge >= 0.3 is 5.97 Å². The number of carbonyl (C=O) groups is 1. The predicted molar refractivity (Wildman–Crippen MR) is 72.7 cm³/mol. The van der Waals surface area contributed by atoms with E-state index in [1.165, 1.54) is 6.08 Å². The lowest BCUT2D eigenvalue weighted by Crippen LogP contribution is -1.98. The first-order valence-electron chi connectivity index (χ1n) is 6.33. The molecule has 17 heavy (non-hydrogen) atoms. The SMILES string of the molecule is CCOC(=O)/C=C/CCC/C=C/C=C/C(C)C. The minimum atomic E-state index is -0.247. The van der Waals surface area contributed by atoms with Crippen LogP contribution >= 0.6 is 0 Å². The fraction of sp³-hybridized carbons (Fsp3) is 0.533. The third-order valence-corrected chi connectivity index (χ3v) is 2.03. The van der Waals surface area contributed by atoms with Crippen molar-refractivity contribution < 1.29 is 9.53 Å². The van der Waals surface area contributed by atoms with Crippen LogP contribution in [0.3, 0.4) is 0 Å². The van der Waals surface area contributed by atoms with E-state index in [-0.39, 0.29) is 5.97 Å². The Hall–Kier alpha value is -1.31. The zero-order chi connectivity index (χ0) is 12.9. The highest BCUT2D eigenvalue weighted by atomic mass is 16.5. The molecule has 0 aliphatic heterocycles. The van der Waals surface area contributed by atoms with Crippen LogP contribution in [-0.2, 0) is 9.53 Å². The van der Waals surface area contributed by atoms with Crippen molar-refractivity contribution in [2.75, 3.05) is 6.61 Å². The maximum Gasteiger partial charge on any atom is 0.330 e. The van der Waals surface area contributed by atoms with E-state index < -0.39 is 0 Å². The van der Waals surface area contributed by atoms with Gasteiger partial charge in [0, 0.05) is 6.08 Å². The second-order valence-electron chi connectivity index (χ2n) is 4.14. The van der Waals surface area contributed by atoms with Gasteiger partial charge in [0.15, 0.2) is 0 Å². The zero-order valence-corrected chi connectivity index (χ0v) is 11.2. The number of unbranched alkanes of at least 4 members (excludes halogenated alkanes) is 2. The average molecular weight is 236 g/mol. The van der Waals surface area contributed by atoms with E-state index in [4.69, 9.17) is 4.74 Å². The lowest BCUT2D eigenvalue weighted by atomic mass is 10.2. The summed E-state index contributed by atoms with van der Waals surface area (Å²) < 4.78 is 4.78. The minimum Gasteiger partial charge on any atom is -0.463 e. The van der Waals surface area contributed by atoms with Gasteiger partial charge < -0.3 is 4.74 Å². The molecule has 2 nitrogen and oxygen atoms in total. The number of ether oxygens (including phenoxy) is 1. The third-order valence-electron chi connectivity index (χ3n) is 2.03. The molecular formula is C15H24O2. The van der Waals surface area contributed by atoms with E-state index in [2.05, 4.69) is 38.2 Å². The predicted octanol–water partition coefficient (Wildman–Crippen LogP) is 4.04. The van der Waals surface area contributed by atoms with Gasteiger partial charge in [0.2, 0.25) is 0 Å². The fourth-order valence-corrected chi connectivity index (χ4v) is 1.18. The Labute approximate surface area is 105 Å². The average Bonchev–Trinajstić information content (AvgIpc) is 2.27. The molecule has 0 aromatic heterocycles. The van der Waals surface area contributed by atoms with Crippen LogP contribution in [0.2, 0.25) is 0 Å². The summed E-state index contributed by atoms with van der Waals surface area (Å²) in [5.41, 5.74) is 0. The maximum atomic E-state index is 10.9. The Morgan fingerprint density at radius 2 is 1.88 bits per heavy atom. The Kier molecular flexibility index (Phi) is 10.3. The van der Waals surface area contributed by atoms with Gasteiger partial charge in [0.1, 0.15) is 0 Å². The second-order valence-corrected chi connectivity index (χ2v) is 4.14. The molecule has 0 radical (unpaired) electrons. The molecule has 0 spiro atoms. The van der Waals surface area contributed by atoms with Crippen molar-refractivity contribution in [2.24, 2.45) is 5.92 Å². The molecule has 0 aliphatic carbocycles. The van der Waals surface area contributed by atoms with Crippen molar-refractivity contribution in [3.63, 3.8) is 0 Å². The molecule has 0 saturated carbocycles. The summed E-state index contributed by atoms with van der Waals surface area (Å²) in [7, 11) is 0. The molecule has 0 aliphatic rings. The van der Waals surface area contributed by atoms with Crippen LogP contribution in [0.1, 0.15) is 40.0 Å². The van der Waals surface area contributed by atoms with Crippen molar-refractivity contribution in [1.82, 2.24) is 0 Å². The molecule has 0 bridgehead atoms. The lowest BCUT2D eigenvalue weighted by Gasteiger charge is -1.94. The summed E-state index contributed by atoms with van der Waals surface area (Å²) in [6.45, 7) is 6.56. The zero-order valence-electron chi connectivity index (χ0n) is 11.2. The fourth-order valence-electron chi connectivity index (χ4n) is 1.18. The molecule has 96 valence electrons. The molecule has 2 heteroatoms. The molecular weight excluding hydrogens is 212 g/mol. The molecule has 0 saturated heterocycles. The van der Waals surface area contributed by atoms with Crippen LogP contribution in [0.25, 0.3) is 0 Å². The Morgan fingerprint density at radius 1 is 1.18 bits per heavy atom. The summed E-state index contributed by atoms with van der Waals surface area (Å²) >= 11 is 0. The van der Waals surface area contributed by atoms with Gasteiger partial charge in [-0.05, 0) is 32.1 Å². The van der Waals surface area contributed by atoms with Gasteiger partial charge in [-0.25, -0.2) is 4.79 Å². The molecule has 0 unspecified atom stereocenters. The van der Waals surface area contributed by atoms with Gasteiger partial charge in [-0.3, -0.25) is 0 Å². The van der Waals surface area contributed by atoms with Crippen molar-refractivity contribution in [2.45, 2.75) is 40.0 Å². The summed E-state index contributed by atoms with van der Waals surface area (Å²) in [4.78, 5) is 10.9. The van der Waals surface area contributed by atoms with Crippen LogP contribution in [0.5, 0.6) is 0 Å². The van der Waals surface area contributed by atoms with Crippen molar-refractivity contribution >= 4 is 5.97 Å². The molecule has 0 aromatic carbocycles. The van der Waals surface area contributed by atoms with Crippen molar-refractivity contribution in [1.29, 1.82) is 0 Å². The molecule has 0 aromatic rings. The van der Waals surface area contributed by atoms with E-state index in [1.54, 1.807) is 6.92 Å². The van der Waals surface area contributed by atoms with Crippen LogP contribution < -0.4 is 0 Å². The highest BCUT2D eigenvalue weighted by molar-refractivity contribution is 5.81. The van der Waals surface area contributed by atoms with Crippen LogP contribution in [0.4, 0.5) is 0 Å². The number of hydrogen-bond acceptors (Lipinski definition) is 2. The molecule has 0 amide bonds. The molecule has 0 atom stereocenters. The Bertz CT molecular complexity index is 273. The number of hydrogen-bond donors (Lipinski definition) is 0. The maximum absolute atomic E-state index is 10.9. The number of rotatable bonds is 8. The smallest absolute Gasteiger partial charge is 0.330 e. The van der Waals surface area contributed by atoms with Crippen LogP contribution in [-0.4, -0.2) is 12.6 Å². The Balaban J connectivity index is 3.49. The van der Waals surface area contributed by atoms with Gasteiger partial charge in [-0.15, -0.1) is 0 Å². The van der Waals surface area contributed by atoms with E-state index in [0.29, 0.717) is 12.5 Å². The topological polar surface area (TPSA) is 26.3 Å². The number of esters is 1. The second kappa shape index (κ2) is 11.2. The largest absolute Gasteiger partial charge is 0.463 e. The minimum absolute atomic E-state index is 0.247. The number of carbonyl (C=O) groups excluding carboxylic acids is 1. The molecule has 0 heterocycles. The van der Waals surface area contributed by atoms with Gasteiger partial charge in [0.05, 0.1) is 6.61 Å². The van der Waals surface area contributed by atoms with Gasteiger partial charge in [-0.1, -0.05) is 44.2 Å². The van der Waals surface area contributed by atoms with Gasteiger partial charge in [0.25, 0.3) is 0 Å². The lowest BCUT2D eigenvalue weighted by molar-refractivity contribution is -0.137. The molecule has 0 fully saturated rings. The third kappa shape index (κ3) is 12.6.